The molecule has 1 aromatic carbocycles. The van der Waals surface area contributed by atoms with Crippen LogP contribution in [0.25, 0.3) is 11.4 Å². The molecule has 0 bridgehead atoms. The van der Waals surface area contributed by atoms with Crippen LogP contribution in [0, 0.1) is 0 Å². The first-order valence-corrected chi connectivity index (χ1v) is 9.46. The number of hydrogen-bond acceptors (Lipinski definition) is 7. The van der Waals surface area contributed by atoms with Crippen LogP contribution in [0.1, 0.15) is 13.3 Å². The molecule has 26 heavy (non-hydrogen) atoms. The minimum absolute atomic E-state index is 0.584. The molecule has 2 aliphatic heterocycles. The first kappa shape index (κ1) is 17.3. The van der Waals surface area contributed by atoms with Crippen molar-refractivity contribution in [1.82, 2.24) is 19.9 Å². The summed E-state index contributed by atoms with van der Waals surface area (Å²) in [6, 6.07) is 8.95. The summed E-state index contributed by atoms with van der Waals surface area (Å²) in [7, 11) is 1.66. The Morgan fingerprint density at radius 3 is 2.81 bits per heavy atom. The number of nitrogens with zero attached hydrogens (tertiary/aromatic N) is 5. The SMILES string of the molecule is CCN1CCN(C2CCN(c3nc(-c4cccc(OC)c4)no3)C2)CC1. The van der Waals surface area contributed by atoms with Gasteiger partial charge in [0.2, 0.25) is 5.82 Å². The summed E-state index contributed by atoms with van der Waals surface area (Å²) in [4.78, 5) is 12.0. The van der Waals surface area contributed by atoms with E-state index in [1.165, 1.54) is 13.1 Å². The molecule has 2 fully saturated rings. The quantitative estimate of drug-likeness (QED) is 0.811. The molecule has 0 amide bonds. The van der Waals surface area contributed by atoms with E-state index >= 15 is 0 Å². The predicted molar refractivity (Wildman–Crippen MR) is 101 cm³/mol. The molecular weight excluding hydrogens is 330 g/mol. The van der Waals surface area contributed by atoms with Crippen molar-refractivity contribution in [3.8, 4) is 17.1 Å². The highest BCUT2D eigenvalue weighted by Crippen LogP contribution is 2.26. The Kier molecular flexibility index (Phi) is 5.08. The maximum Gasteiger partial charge on any atom is 0.324 e. The average Bonchev–Trinajstić information content (AvgIpc) is 3.38. The fourth-order valence-electron chi connectivity index (χ4n) is 3.88. The molecule has 0 saturated carbocycles. The van der Waals surface area contributed by atoms with E-state index in [0.29, 0.717) is 17.9 Å². The Balaban J connectivity index is 1.39. The van der Waals surface area contributed by atoms with Gasteiger partial charge < -0.3 is 19.1 Å². The van der Waals surface area contributed by atoms with Gasteiger partial charge >= 0.3 is 6.01 Å². The lowest BCUT2D eigenvalue weighted by Gasteiger charge is -2.37. The fraction of sp³-hybridized carbons (Fsp3) is 0.579. The van der Waals surface area contributed by atoms with E-state index in [0.717, 1.165) is 50.5 Å². The monoisotopic (exact) mass is 357 g/mol. The van der Waals surface area contributed by atoms with Crippen LogP contribution in [0.4, 0.5) is 6.01 Å². The van der Waals surface area contributed by atoms with Crippen LogP contribution in [-0.2, 0) is 0 Å². The van der Waals surface area contributed by atoms with Gasteiger partial charge in [0.15, 0.2) is 0 Å². The molecule has 0 N–H and O–H groups in total. The minimum atomic E-state index is 0.584. The molecule has 0 radical (unpaired) electrons. The van der Waals surface area contributed by atoms with Crippen molar-refractivity contribution in [1.29, 1.82) is 0 Å². The predicted octanol–water partition coefficient (Wildman–Crippen LogP) is 1.96. The Labute approximate surface area is 154 Å². The van der Waals surface area contributed by atoms with Gasteiger partial charge in [-0.3, -0.25) is 4.90 Å². The second-order valence-electron chi connectivity index (χ2n) is 6.99. The lowest BCUT2D eigenvalue weighted by molar-refractivity contribution is 0.107. The van der Waals surface area contributed by atoms with E-state index in [9.17, 15) is 0 Å². The van der Waals surface area contributed by atoms with Crippen molar-refractivity contribution in [3.63, 3.8) is 0 Å². The second-order valence-corrected chi connectivity index (χ2v) is 6.99. The number of benzene rings is 1. The molecule has 140 valence electrons. The van der Waals surface area contributed by atoms with Crippen LogP contribution in [0.3, 0.4) is 0 Å². The van der Waals surface area contributed by atoms with Gasteiger partial charge in [0, 0.05) is 50.9 Å². The molecule has 3 heterocycles. The maximum absolute atomic E-state index is 5.54. The van der Waals surface area contributed by atoms with E-state index in [1.807, 2.05) is 24.3 Å². The first-order valence-electron chi connectivity index (χ1n) is 9.46. The molecule has 2 saturated heterocycles. The van der Waals surface area contributed by atoms with Gasteiger partial charge in [0.05, 0.1) is 7.11 Å². The van der Waals surface area contributed by atoms with Crippen LogP contribution in [0.5, 0.6) is 5.75 Å². The van der Waals surface area contributed by atoms with Gasteiger partial charge in [-0.1, -0.05) is 24.2 Å². The van der Waals surface area contributed by atoms with Gasteiger partial charge in [-0.2, -0.15) is 4.98 Å². The standard InChI is InChI=1S/C19H27N5O2/c1-3-22-9-11-23(12-10-22)16-7-8-24(14-16)19-20-18(21-26-19)15-5-4-6-17(13-15)25-2/h4-6,13,16H,3,7-12,14H2,1-2H3. The average molecular weight is 357 g/mol. The van der Waals surface area contributed by atoms with Crippen LogP contribution >= 0.6 is 0 Å². The Morgan fingerprint density at radius 2 is 2.04 bits per heavy atom. The molecule has 2 aliphatic rings. The molecule has 0 spiro atoms. The van der Waals surface area contributed by atoms with Gasteiger partial charge in [-0.15, -0.1) is 0 Å². The third-order valence-corrected chi connectivity index (χ3v) is 5.55. The molecule has 2 aromatic rings. The zero-order chi connectivity index (χ0) is 17.9. The summed E-state index contributed by atoms with van der Waals surface area (Å²) in [6.07, 6.45) is 1.16. The molecule has 1 unspecified atom stereocenters. The summed E-state index contributed by atoms with van der Waals surface area (Å²) in [5.41, 5.74) is 0.908. The maximum atomic E-state index is 5.54. The number of rotatable bonds is 5. The summed E-state index contributed by atoms with van der Waals surface area (Å²) in [5, 5.41) is 4.16. The Hall–Kier alpha value is -2.12. The number of methoxy groups -OCH3 is 1. The van der Waals surface area contributed by atoms with Crippen LogP contribution in [-0.4, -0.2) is 78.9 Å². The third kappa shape index (κ3) is 3.54. The summed E-state index contributed by atoms with van der Waals surface area (Å²) < 4.78 is 10.8. The lowest BCUT2D eigenvalue weighted by atomic mass is 10.2. The highest BCUT2D eigenvalue weighted by molar-refractivity contribution is 5.58. The third-order valence-electron chi connectivity index (χ3n) is 5.55. The summed E-state index contributed by atoms with van der Waals surface area (Å²) in [5.74, 6) is 1.40. The topological polar surface area (TPSA) is 57.9 Å². The van der Waals surface area contributed by atoms with E-state index in [1.54, 1.807) is 7.11 Å². The first-order chi connectivity index (χ1) is 12.8. The van der Waals surface area contributed by atoms with Crippen LogP contribution in [0.2, 0.25) is 0 Å². The van der Waals surface area contributed by atoms with E-state index in [-0.39, 0.29) is 0 Å². The molecule has 4 rings (SSSR count). The molecule has 7 heteroatoms. The highest BCUT2D eigenvalue weighted by atomic mass is 16.5. The normalized spacial score (nSPS) is 22.1. The molecule has 7 nitrogen and oxygen atoms in total. The number of piperazine rings is 1. The molecule has 0 aliphatic carbocycles. The zero-order valence-corrected chi connectivity index (χ0v) is 15.6. The smallest absolute Gasteiger partial charge is 0.324 e. The number of ether oxygens (including phenoxy) is 1. The largest absolute Gasteiger partial charge is 0.497 e. The fourth-order valence-corrected chi connectivity index (χ4v) is 3.88. The van der Waals surface area contributed by atoms with E-state index < -0.39 is 0 Å². The van der Waals surface area contributed by atoms with Crippen LogP contribution in [0.15, 0.2) is 28.8 Å². The zero-order valence-electron chi connectivity index (χ0n) is 15.6. The van der Waals surface area contributed by atoms with Crippen molar-refractivity contribution in [2.45, 2.75) is 19.4 Å². The van der Waals surface area contributed by atoms with Gasteiger partial charge in [-0.25, -0.2) is 0 Å². The summed E-state index contributed by atoms with van der Waals surface area (Å²) >= 11 is 0. The molecule has 1 atom stereocenters. The minimum Gasteiger partial charge on any atom is -0.497 e. The second kappa shape index (κ2) is 7.63. The highest BCUT2D eigenvalue weighted by Gasteiger charge is 2.32. The van der Waals surface area contributed by atoms with Crippen molar-refractivity contribution in [2.24, 2.45) is 0 Å². The van der Waals surface area contributed by atoms with Crippen molar-refractivity contribution >= 4 is 6.01 Å². The number of hydrogen-bond donors (Lipinski definition) is 0. The van der Waals surface area contributed by atoms with Gasteiger partial charge in [0.25, 0.3) is 0 Å². The van der Waals surface area contributed by atoms with Gasteiger partial charge in [-0.05, 0) is 25.1 Å². The van der Waals surface area contributed by atoms with E-state index in [2.05, 4.69) is 31.8 Å². The van der Waals surface area contributed by atoms with Crippen LogP contribution < -0.4 is 9.64 Å². The van der Waals surface area contributed by atoms with Crippen molar-refractivity contribution in [2.75, 3.05) is 57.8 Å². The Bertz CT molecular complexity index is 726. The molecular formula is C19H27N5O2. The lowest BCUT2D eigenvalue weighted by Crippen LogP contribution is -2.50. The number of likely N-dealkylation sites (N-methyl/N-ethyl adjacent to an activating group) is 1. The van der Waals surface area contributed by atoms with Crippen molar-refractivity contribution < 1.29 is 9.26 Å². The van der Waals surface area contributed by atoms with E-state index in [4.69, 9.17) is 9.26 Å². The Morgan fingerprint density at radius 1 is 1.19 bits per heavy atom. The molecule has 1 aromatic heterocycles. The number of aromatic nitrogens is 2. The summed E-state index contributed by atoms with van der Waals surface area (Å²) in [6.45, 7) is 9.99. The number of anilines is 1. The van der Waals surface area contributed by atoms with Gasteiger partial charge in [0.1, 0.15) is 5.75 Å². The van der Waals surface area contributed by atoms with Crippen molar-refractivity contribution in [3.05, 3.63) is 24.3 Å².